The van der Waals surface area contributed by atoms with E-state index in [1.54, 1.807) is 4.68 Å². The van der Waals surface area contributed by atoms with Crippen molar-refractivity contribution in [1.29, 1.82) is 0 Å². The molecule has 2 aromatic rings. The van der Waals surface area contributed by atoms with Gasteiger partial charge in [0.05, 0.1) is 12.9 Å². The molecule has 0 bridgehead atoms. The molecule has 0 aliphatic heterocycles. The number of rotatable bonds is 3. The average Bonchev–Trinajstić information content (AvgIpc) is 2.68. The van der Waals surface area contributed by atoms with E-state index in [4.69, 9.17) is 0 Å². The Morgan fingerprint density at radius 1 is 1.31 bits per heavy atom. The Morgan fingerprint density at radius 2 is 2.12 bits per heavy atom. The van der Waals surface area contributed by atoms with Crippen LogP contribution in [0.3, 0.4) is 0 Å². The molecule has 0 unspecified atom stereocenters. The first kappa shape index (κ1) is 10.9. The van der Waals surface area contributed by atoms with Crippen LogP contribution in [0.25, 0.3) is 11.1 Å². The Morgan fingerprint density at radius 3 is 2.69 bits per heavy atom. The second-order valence-corrected chi connectivity index (χ2v) is 3.98. The summed E-state index contributed by atoms with van der Waals surface area (Å²) in [5.74, 6) is 0. The molecule has 1 aromatic carbocycles. The second-order valence-electron chi connectivity index (χ2n) is 3.98. The fourth-order valence-electron chi connectivity index (χ4n) is 1.83. The van der Waals surface area contributed by atoms with E-state index in [1.807, 2.05) is 38.5 Å². The highest BCUT2D eigenvalue weighted by Crippen LogP contribution is 2.21. The Balaban J connectivity index is 2.34. The van der Waals surface area contributed by atoms with Gasteiger partial charge in [0.2, 0.25) is 0 Å². The van der Waals surface area contributed by atoms with Crippen molar-refractivity contribution in [3.63, 3.8) is 0 Å². The minimum atomic E-state index is -0.299. The number of hydrogen-bond acceptors (Lipinski definition) is 1. The van der Waals surface area contributed by atoms with Crippen LogP contribution in [-0.2, 0) is 13.5 Å². The van der Waals surface area contributed by atoms with E-state index in [-0.39, 0.29) is 6.67 Å². The third kappa shape index (κ3) is 2.13. The Kier molecular flexibility index (Phi) is 3.04. The largest absolute Gasteiger partial charge is 0.275 e. The van der Waals surface area contributed by atoms with Gasteiger partial charge in [0.25, 0.3) is 0 Å². The van der Waals surface area contributed by atoms with Crippen LogP contribution in [-0.4, -0.2) is 16.5 Å². The van der Waals surface area contributed by atoms with Crippen LogP contribution in [0.15, 0.2) is 30.6 Å². The molecule has 1 heterocycles. The summed E-state index contributed by atoms with van der Waals surface area (Å²) in [6.45, 7) is 1.72. The lowest BCUT2D eigenvalue weighted by atomic mass is 10.0. The molecule has 0 spiro atoms. The molecule has 2 rings (SSSR count). The van der Waals surface area contributed by atoms with Crippen molar-refractivity contribution in [3.05, 3.63) is 41.7 Å². The highest BCUT2D eigenvalue weighted by atomic mass is 19.1. The van der Waals surface area contributed by atoms with Gasteiger partial charge >= 0.3 is 0 Å². The number of aromatic nitrogens is 2. The van der Waals surface area contributed by atoms with Gasteiger partial charge in [-0.1, -0.05) is 18.2 Å². The average molecular weight is 218 g/mol. The normalized spacial score (nSPS) is 10.7. The van der Waals surface area contributed by atoms with Crippen LogP contribution in [0.2, 0.25) is 0 Å². The predicted octanol–water partition coefficient (Wildman–Crippen LogP) is 2.91. The zero-order chi connectivity index (χ0) is 11.5. The van der Waals surface area contributed by atoms with E-state index in [0.29, 0.717) is 6.42 Å². The van der Waals surface area contributed by atoms with Gasteiger partial charge in [-0.15, -0.1) is 0 Å². The molecule has 0 radical (unpaired) electrons. The lowest BCUT2D eigenvalue weighted by Gasteiger charge is -2.05. The third-order valence-electron chi connectivity index (χ3n) is 2.74. The molecule has 0 N–H and O–H groups in total. The molecule has 3 heteroatoms. The first-order chi connectivity index (χ1) is 7.70. The van der Waals surface area contributed by atoms with Crippen LogP contribution in [0.1, 0.15) is 11.1 Å². The van der Waals surface area contributed by atoms with Gasteiger partial charge in [-0.2, -0.15) is 5.10 Å². The van der Waals surface area contributed by atoms with E-state index in [0.717, 1.165) is 22.3 Å². The summed E-state index contributed by atoms with van der Waals surface area (Å²) in [6.07, 6.45) is 4.31. The van der Waals surface area contributed by atoms with Crippen molar-refractivity contribution in [2.24, 2.45) is 7.05 Å². The number of hydrogen-bond donors (Lipinski definition) is 0. The van der Waals surface area contributed by atoms with Gasteiger partial charge in [0, 0.05) is 25.2 Å². The minimum Gasteiger partial charge on any atom is -0.275 e. The summed E-state index contributed by atoms with van der Waals surface area (Å²) >= 11 is 0. The van der Waals surface area contributed by atoms with Gasteiger partial charge in [0.1, 0.15) is 0 Å². The fraction of sp³-hybridized carbons (Fsp3) is 0.308. The van der Waals surface area contributed by atoms with E-state index < -0.39 is 0 Å². The molecule has 1 aromatic heterocycles. The Bertz CT molecular complexity index is 488. The van der Waals surface area contributed by atoms with Crippen molar-refractivity contribution in [2.45, 2.75) is 13.3 Å². The van der Waals surface area contributed by atoms with Crippen LogP contribution >= 0.6 is 0 Å². The summed E-state index contributed by atoms with van der Waals surface area (Å²) in [4.78, 5) is 0. The van der Waals surface area contributed by atoms with Gasteiger partial charge in [-0.25, -0.2) is 0 Å². The molecule has 2 nitrogen and oxygen atoms in total. The fourth-order valence-corrected chi connectivity index (χ4v) is 1.83. The molecule has 0 atom stereocenters. The smallest absolute Gasteiger partial charge is 0.0934 e. The summed E-state index contributed by atoms with van der Waals surface area (Å²) in [6, 6.07) is 6.11. The number of benzene rings is 1. The molecular formula is C13H15FN2. The predicted molar refractivity (Wildman–Crippen MR) is 63.1 cm³/mol. The van der Waals surface area contributed by atoms with Gasteiger partial charge in [-0.05, 0) is 23.6 Å². The summed E-state index contributed by atoms with van der Waals surface area (Å²) in [5, 5.41) is 4.14. The number of halogens is 1. The molecule has 84 valence electrons. The zero-order valence-corrected chi connectivity index (χ0v) is 9.57. The van der Waals surface area contributed by atoms with Crippen molar-refractivity contribution in [2.75, 3.05) is 6.67 Å². The number of alkyl halides is 1. The summed E-state index contributed by atoms with van der Waals surface area (Å²) < 4.78 is 14.1. The molecule has 0 amide bonds. The lowest BCUT2D eigenvalue weighted by molar-refractivity contribution is 0.495. The molecule has 0 saturated heterocycles. The first-order valence-electron chi connectivity index (χ1n) is 5.35. The standard InChI is InChI=1S/C13H15FN2/c1-10-7-12(4-3-11(10)5-6-14)13-8-15-16(2)9-13/h3-4,7-9H,5-6H2,1-2H3. The minimum absolute atomic E-state index is 0.299. The highest BCUT2D eigenvalue weighted by Gasteiger charge is 2.03. The maximum atomic E-state index is 12.3. The molecule has 16 heavy (non-hydrogen) atoms. The summed E-state index contributed by atoms with van der Waals surface area (Å²) in [7, 11) is 1.90. The maximum absolute atomic E-state index is 12.3. The van der Waals surface area contributed by atoms with Crippen LogP contribution in [0, 0.1) is 6.92 Å². The SMILES string of the molecule is Cc1cc(-c2cnn(C)c2)ccc1CCF. The van der Waals surface area contributed by atoms with E-state index in [9.17, 15) is 4.39 Å². The molecule has 0 aliphatic carbocycles. The van der Waals surface area contributed by atoms with Gasteiger partial charge in [0.15, 0.2) is 0 Å². The Labute approximate surface area is 94.7 Å². The summed E-state index contributed by atoms with van der Waals surface area (Å²) in [5.41, 5.74) is 4.44. The second kappa shape index (κ2) is 4.47. The van der Waals surface area contributed by atoms with Gasteiger partial charge < -0.3 is 0 Å². The zero-order valence-electron chi connectivity index (χ0n) is 9.57. The third-order valence-corrected chi connectivity index (χ3v) is 2.74. The monoisotopic (exact) mass is 218 g/mol. The molecule has 0 saturated carbocycles. The topological polar surface area (TPSA) is 17.8 Å². The molecule has 0 fully saturated rings. The maximum Gasteiger partial charge on any atom is 0.0934 e. The quantitative estimate of drug-likeness (QED) is 0.774. The van der Waals surface area contributed by atoms with E-state index >= 15 is 0 Å². The lowest BCUT2D eigenvalue weighted by Crippen LogP contribution is -1.91. The van der Waals surface area contributed by atoms with Crippen LogP contribution in [0.4, 0.5) is 4.39 Å². The van der Waals surface area contributed by atoms with E-state index in [2.05, 4.69) is 11.2 Å². The Hall–Kier alpha value is -1.64. The van der Waals surface area contributed by atoms with Crippen molar-refractivity contribution < 1.29 is 4.39 Å². The van der Waals surface area contributed by atoms with Gasteiger partial charge in [-0.3, -0.25) is 9.07 Å². The van der Waals surface area contributed by atoms with Crippen molar-refractivity contribution in [1.82, 2.24) is 9.78 Å². The number of aryl methyl sites for hydroxylation is 3. The molecule has 0 aliphatic rings. The van der Waals surface area contributed by atoms with E-state index in [1.165, 1.54) is 0 Å². The number of nitrogens with zero attached hydrogens (tertiary/aromatic N) is 2. The van der Waals surface area contributed by atoms with Crippen molar-refractivity contribution in [3.8, 4) is 11.1 Å². The molecular weight excluding hydrogens is 203 g/mol. The van der Waals surface area contributed by atoms with Crippen LogP contribution < -0.4 is 0 Å². The van der Waals surface area contributed by atoms with Crippen molar-refractivity contribution >= 4 is 0 Å². The highest BCUT2D eigenvalue weighted by molar-refractivity contribution is 5.63. The first-order valence-corrected chi connectivity index (χ1v) is 5.35. The van der Waals surface area contributed by atoms with Crippen LogP contribution in [0.5, 0.6) is 0 Å².